The van der Waals surface area contributed by atoms with E-state index < -0.39 is 35.7 Å². The van der Waals surface area contributed by atoms with Gasteiger partial charge in [-0.1, -0.05) is 50.6 Å². The van der Waals surface area contributed by atoms with Gasteiger partial charge in [0.2, 0.25) is 11.8 Å². The number of carbonyl (C=O) groups excluding carboxylic acids is 4. The van der Waals surface area contributed by atoms with E-state index in [1.165, 1.54) is 4.90 Å². The molecule has 0 aromatic heterocycles. The van der Waals surface area contributed by atoms with Crippen molar-refractivity contribution in [2.75, 3.05) is 13.2 Å². The van der Waals surface area contributed by atoms with E-state index in [0.717, 1.165) is 5.56 Å². The number of nitrogens with zero attached hydrogens (tertiary/aromatic N) is 1. The summed E-state index contributed by atoms with van der Waals surface area (Å²) in [6, 6.07) is 5.20. The Morgan fingerprint density at radius 1 is 1.00 bits per heavy atom. The van der Waals surface area contributed by atoms with Crippen LogP contribution >= 0.6 is 0 Å². The Bertz CT molecular complexity index is 907. The van der Waals surface area contributed by atoms with Gasteiger partial charge in [0, 0.05) is 12.6 Å². The predicted octanol–water partition coefficient (Wildman–Crippen LogP) is 4.28. The zero-order valence-electron chi connectivity index (χ0n) is 23.8. The van der Waals surface area contributed by atoms with Gasteiger partial charge in [-0.15, -0.1) is 0 Å². The molecule has 0 bridgehead atoms. The predicted molar refractivity (Wildman–Crippen MR) is 143 cm³/mol. The van der Waals surface area contributed by atoms with Gasteiger partial charge in [-0.2, -0.15) is 0 Å². The molecule has 2 N–H and O–H groups in total. The summed E-state index contributed by atoms with van der Waals surface area (Å²) in [6.07, 6.45) is -0.0947. The number of esters is 1. The maximum atomic E-state index is 14.0. The van der Waals surface area contributed by atoms with E-state index in [9.17, 15) is 19.2 Å². The largest absolute Gasteiger partial charge is 0.466 e. The highest BCUT2D eigenvalue weighted by molar-refractivity contribution is 5.92. The summed E-state index contributed by atoms with van der Waals surface area (Å²) < 4.78 is 10.3. The van der Waals surface area contributed by atoms with Crippen molar-refractivity contribution in [1.29, 1.82) is 0 Å². The van der Waals surface area contributed by atoms with E-state index in [4.69, 9.17) is 9.47 Å². The maximum absolute atomic E-state index is 14.0. The lowest BCUT2D eigenvalue weighted by molar-refractivity contribution is -0.146. The number of rotatable bonds is 12. The molecule has 0 aliphatic heterocycles. The van der Waals surface area contributed by atoms with Crippen molar-refractivity contribution in [1.82, 2.24) is 15.5 Å². The lowest BCUT2D eigenvalue weighted by Crippen LogP contribution is -2.57. The van der Waals surface area contributed by atoms with E-state index in [0.29, 0.717) is 12.0 Å². The van der Waals surface area contributed by atoms with Crippen molar-refractivity contribution in [3.05, 3.63) is 35.4 Å². The molecule has 0 heterocycles. The van der Waals surface area contributed by atoms with E-state index in [1.54, 1.807) is 27.7 Å². The maximum Gasteiger partial charge on any atom is 0.408 e. The highest BCUT2D eigenvalue weighted by atomic mass is 16.6. The van der Waals surface area contributed by atoms with Gasteiger partial charge < -0.3 is 25.0 Å². The van der Waals surface area contributed by atoms with Gasteiger partial charge in [0.25, 0.3) is 0 Å². The fourth-order valence-electron chi connectivity index (χ4n) is 3.71. The van der Waals surface area contributed by atoms with Gasteiger partial charge in [-0.3, -0.25) is 14.4 Å². The summed E-state index contributed by atoms with van der Waals surface area (Å²) >= 11 is 0. The Balaban J connectivity index is 3.40. The quantitative estimate of drug-likeness (QED) is 0.399. The summed E-state index contributed by atoms with van der Waals surface area (Å²) in [5, 5.41) is 5.51. The third-order valence-corrected chi connectivity index (χ3v) is 5.78. The lowest BCUT2D eigenvalue weighted by atomic mass is 9.96. The second-order valence-corrected chi connectivity index (χ2v) is 10.5. The first-order chi connectivity index (χ1) is 17.2. The van der Waals surface area contributed by atoms with Gasteiger partial charge in [0.15, 0.2) is 0 Å². The average molecular weight is 520 g/mol. The molecule has 1 aromatic rings. The molecule has 0 aliphatic rings. The van der Waals surface area contributed by atoms with Crippen molar-refractivity contribution in [3.63, 3.8) is 0 Å². The standard InChI is InChI=1S/C28H45N3O6/c1-10-20(6)31(26(34)23(18(3)4)30-27(35)37-28(7,8)9)24(21-14-12-19(5)13-15-21)25(33)29-17-16-22(32)36-11-2/h12-15,18,20,23-24H,10-11,16-17H2,1-9H3,(H,29,33)(H,30,35). The normalized spacial score (nSPS) is 13.8. The van der Waals surface area contributed by atoms with E-state index in [-0.39, 0.29) is 37.4 Å². The summed E-state index contributed by atoms with van der Waals surface area (Å²) in [5.41, 5.74) is 0.917. The minimum atomic E-state index is -0.966. The van der Waals surface area contributed by atoms with Crippen LogP contribution in [-0.4, -0.2) is 59.6 Å². The third kappa shape index (κ3) is 10.4. The van der Waals surface area contributed by atoms with Crippen molar-refractivity contribution >= 4 is 23.9 Å². The van der Waals surface area contributed by atoms with Crippen LogP contribution in [0.3, 0.4) is 0 Å². The molecule has 9 nitrogen and oxygen atoms in total. The molecule has 3 atom stereocenters. The molecule has 3 unspecified atom stereocenters. The monoisotopic (exact) mass is 519 g/mol. The highest BCUT2D eigenvalue weighted by Gasteiger charge is 2.39. The Morgan fingerprint density at radius 3 is 2.08 bits per heavy atom. The molecular weight excluding hydrogens is 474 g/mol. The van der Waals surface area contributed by atoms with Gasteiger partial charge >= 0.3 is 12.1 Å². The molecule has 0 aliphatic carbocycles. The fourth-order valence-corrected chi connectivity index (χ4v) is 3.71. The van der Waals surface area contributed by atoms with Crippen LogP contribution in [0, 0.1) is 12.8 Å². The zero-order chi connectivity index (χ0) is 28.3. The molecule has 1 rings (SSSR count). The van der Waals surface area contributed by atoms with E-state index in [1.807, 2.05) is 58.9 Å². The molecule has 0 fully saturated rings. The summed E-state index contributed by atoms with van der Waals surface area (Å²) in [5.74, 6) is -1.48. The fraction of sp³-hybridized carbons (Fsp3) is 0.643. The van der Waals surface area contributed by atoms with E-state index >= 15 is 0 Å². The Labute approximate surface area is 221 Å². The highest BCUT2D eigenvalue weighted by Crippen LogP contribution is 2.27. The molecule has 0 saturated heterocycles. The number of aryl methyl sites for hydroxylation is 1. The molecule has 9 heteroatoms. The molecule has 1 aromatic carbocycles. The summed E-state index contributed by atoms with van der Waals surface area (Å²) in [4.78, 5) is 53.5. The molecule has 0 saturated carbocycles. The minimum Gasteiger partial charge on any atom is -0.466 e. The first-order valence-corrected chi connectivity index (χ1v) is 13.0. The van der Waals surface area contributed by atoms with Gasteiger partial charge in [0.05, 0.1) is 13.0 Å². The van der Waals surface area contributed by atoms with Crippen LogP contribution in [0.2, 0.25) is 0 Å². The number of nitrogens with one attached hydrogen (secondary N) is 2. The third-order valence-electron chi connectivity index (χ3n) is 5.78. The van der Waals surface area contributed by atoms with Gasteiger partial charge in [-0.05, 0) is 59.4 Å². The number of hydrogen-bond donors (Lipinski definition) is 2. The number of hydrogen-bond acceptors (Lipinski definition) is 6. The topological polar surface area (TPSA) is 114 Å². The average Bonchev–Trinajstić information content (AvgIpc) is 2.79. The Morgan fingerprint density at radius 2 is 1.59 bits per heavy atom. The zero-order valence-corrected chi connectivity index (χ0v) is 23.8. The van der Waals surface area contributed by atoms with Crippen LogP contribution in [-0.2, 0) is 23.9 Å². The summed E-state index contributed by atoms with van der Waals surface area (Å²) in [7, 11) is 0. The number of ether oxygens (including phenoxy) is 2. The van der Waals surface area contributed by atoms with Crippen molar-refractivity contribution in [2.45, 2.75) is 98.9 Å². The van der Waals surface area contributed by atoms with Crippen molar-refractivity contribution in [2.24, 2.45) is 5.92 Å². The summed E-state index contributed by atoms with van der Waals surface area (Å²) in [6.45, 7) is 16.7. The SMILES string of the molecule is CCOC(=O)CCNC(=O)C(c1ccc(C)cc1)N(C(=O)C(NC(=O)OC(C)(C)C)C(C)C)C(C)CC. The minimum absolute atomic E-state index is 0.0201. The smallest absolute Gasteiger partial charge is 0.408 e. The van der Waals surface area contributed by atoms with E-state index in [2.05, 4.69) is 10.6 Å². The molecule has 0 radical (unpaired) electrons. The van der Waals surface area contributed by atoms with Crippen molar-refractivity contribution < 1.29 is 28.7 Å². The second-order valence-electron chi connectivity index (χ2n) is 10.5. The number of alkyl carbamates (subject to hydrolysis) is 1. The van der Waals surface area contributed by atoms with Crippen LogP contribution in [0.1, 0.15) is 85.4 Å². The molecular formula is C28H45N3O6. The molecule has 3 amide bonds. The number of amides is 3. The molecule has 37 heavy (non-hydrogen) atoms. The van der Waals surface area contributed by atoms with Crippen LogP contribution in [0.5, 0.6) is 0 Å². The van der Waals surface area contributed by atoms with Crippen LogP contribution in [0.15, 0.2) is 24.3 Å². The van der Waals surface area contributed by atoms with Crippen LogP contribution in [0.4, 0.5) is 4.79 Å². The van der Waals surface area contributed by atoms with Gasteiger partial charge in [-0.25, -0.2) is 4.79 Å². The number of carbonyl (C=O) groups is 4. The Hall–Kier alpha value is -3.10. The molecule has 0 spiro atoms. The second kappa shape index (κ2) is 14.6. The van der Waals surface area contributed by atoms with Crippen molar-refractivity contribution in [3.8, 4) is 0 Å². The van der Waals surface area contributed by atoms with Crippen LogP contribution in [0.25, 0.3) is 0 Å². The Kier molecular flexibility index (Phi) is 12.6. The first-order valence-electron chi connectivity index (χ1n) is 13.0. The molecule has 208 valence electrons. The van der Waals surface area contributed by atoms with Crippen LogP contribution < -0.4 is 10.6 Å². The first kappa shape index (κ1) is 31.9. The number of benzene rings is 1. The van der Waals surface area contributed by atoms with Gasteiger partial charge in [0.1, 0.15) is 17.7 Å². The lowest BCUT2D eigenvalue weighted by Gasteiger charge is -2.39.